The number of hydrogen-bond acceptors (Lipinski definition) is 5. The van der Waals surface area contributed by atoms with Crippen LogP contribution in [0.1, 0.15) is 37.7 Å². The predicted molar refractivity (Wildman–Crippen MR) is 125 cm³/mol. The van der Waals surface area contributed by atoms with Crippen molar-refractivity contribution in [2.24, 2.45) is 0 Å². The molecule has 1 atom stereocenters. The van der Waals surface area contributed by atoms with Crippen LogP contribution in [0.5, 0.6) is 0 Å². The standard InChI is InChI=1S/C23H24ClN5OS/c1-15-10-11-17(24)14-18(15)25-21(30)19-23(12-6-3-7-13-23)28-29-20(26-27-22(29)31-19)16-8-4-2-5-9-16/h2,4-5,8-11,14,19,28H,3,6-7,12-13H2,1H3,(H,25,30)/t19-/m1/s1. The molecule has 2 heterocycles. The largest absolute Gasteiger partial charge is 0.325 e. The summed E-state index contributed by atoms with van der Waals surface area (Å²) in [4.78, 5) is 13.5. The van der Waals surface area contributed by atoms with Crippen LogP contribution in [-0.4, -0.2) is 31.6 Å². The van der Waals surface area contributed by atoms with Gasteiger partial charge in [0.15, 0.2) is 5.82 Å². The Morgan fingerprint density at radius 3 is 2.71 bits per heavy atom. The number of anilines is 1. The molecule has 8 heteroatoms. The molecule has 1 saturated carbocycles. The van der Waals surface area contributed by atoms with Gasteiger partial charge >= 0.3 is 0 Å². The summed E-state index contributed by atoms with van der Waals surface area (Å²) in [5.74, 6) is 0.748. The number of fused-ring (bicyclic) bond motifs is 1. The van der Waals surface area contributed by atoms with E-state index >= 15 is 0 Å². The summed E-state index contributed by atoms with van der Waals surface area (Å²) >= 11 is 7.66. The van der Waals surface area contributed by atoms with Crippen LogP contribution in [0.2, 0.25) is 5.02 Å². The van der Waals surface area contributed by atoms with E-state index in [2.05, 4.69) is 20.9 Å². The zero-order valence-corrected chi connectivity index (χ0v) is 18.8. The second-order valence-electron chi connectivity index (χ2n) is 8.28. The van der Waals surface area contributed by atoms with E-state index in [-0.39, 0.29) is 16.7 Å². The third-order valence-corrected chi connectivity index (χ3v) is 7.78. The van der Waals surface area contributed by atoms with Gasteiger partial charge in [0.25, 0.3) is 0 Å². The molecule has 1 aromatic heterocycles. The summed E-state index contributed by atoms with van der Waals surface area (Å²) in [6, 6.07) is 15.6. The molecule has 1 aliphatic carbocycles. The lowest BCUT2D eigenvalue weighted by molar-refractivity contribution is -0.117. The van der Waals surface area contributed by atoms with Crippen molar-refractivity contribution in [3.05, 3.63) is 59.1 Å². The van der Waals surface area contributed by atoms with Gasteiger partial charge in [-0.15, -0.1) is 10.2 Å². The number of benzene rings is 2. The Morgan fingerprint density at radius 1 is 1.16 bits per heavy atom. The molecule has 6 nitrogen and oxygen atoms in total. The number of amides is 1. The number of rotatable bonds is 3. The van der Waals surface area contributed by atoms with Crippen LogP contribution in [0.4, 0.5) is 5.69 Å². The molecule has 2 N–H and O–H groups in total. The van der Waals surface area contributed by atoms with E-state index < -0.39 is 0 Å². The van der Waals surface area contributed by atoms with Crippen molar-refractivity contribution < 1.29 is 4.79 Å². The van der Waals surface area contributed by atoms with Gasteiger partial charge in [0.2, 0.25) is 11.1 Å². The summed E-state index contributed by atoms with van der Waals surface area (Å²) in [5.41, 5.74) is 6.07. The number of carbonyl (C=O) groups excluding carboxylic acids is 1. The van der Waals surface area contributed by atoms with Crippen molar-refractivity contribution in [2.45, 2.75) is 55.0 Å². The second kappa shape index (κ2) is 8.20. The highest BCUT2D eigenvalue weighted by molar-refractivity contribution is 8.00. The summed E-state index contributed by atoms with van der Waals surface area (Å²) in [7, 11) is 0. The lowest BCUT2D eigenvalue weighted by Gasteiger charge is -2.46. The molecule has 1 aliphatic heterocycles. The van der Waals surface area contributed by atoms with E-state index in [1.807, 2.05) is 54.1 Å². The minimum Gasteiger partial charge on any atom is -0.325 e. The third kappa shape index (κ3) is 3.81. The highest BCUT2D eigenvalue weighted by Crippen LogP contribution is 2.44. The lowest BCUT2D eigenvalue weighted by atomic mass is 9.79. The Morgan fingerprint density at radius 2 is 1.94 bits per heavy atom. The summed E-state index contributed by atoms with van der Waals surface area (Å²) in [6.07, 6.45) is 5.23. The van der Waals surface area contributed by atoms with E-state index in [0.717, 1.165) is 48.3 Å². The number of hydrogen-bond donors (Lipinski definition) is 2. The molecular formula is C23H24ClN5OS. The maximum atomic E-state index is 13.5. The number of nitrogens with zero attached hydrogens (tertiary/aromatic N) is 3. The molecule has 1 spiro atoms. The van der Waals surface area contributed by atoms with Crippen molar-refractivity contribution in [3.63, 3.8) is 0 Å². The van der Waals surface area contributed by atoms with Crippen molar-refractivity contribution in [3.8, 4) is 11.4 Å². The average molecular weight is 454 g/mol. The van der Waals surface area contributed by atoms with Gasteiger partial charge in [-0.25, -0.2) is 4.68 Å². The quantitative estimate of drug-likeness (QED) is 0.565. The van der Waals surface area contributed by atoms with E-state index in [0.29, 0.717) is 10.2 Å². The number of halogens is 1. The van der Waals surface area contributed by atoms with Gasteiger partial charge in [-0.05, 0) is 37.5 Å². The maximum absolute atomic E-state index is 13.5. The molecule has 3 aromatic rings. The van der Waals surface area contributed by atoms with Crippen molar-refractivity contribution in [1.29, 1.82) is 0 Å². The molecule has 2 aliphatic rings. The van der Waals surface area contributed by atoms with E-state index in [1.54, 1.807) is 6.07 Å². The number of carbonyl (C=O) groups is 1. The molecule has 5 rings (SSSR count). The van der Waals surface area contributed by atoms with Crippen LogP contribution in [0.15, 0.2) is 53.7 Å². The molecule has 2 aromatic carbocycles. The van der Waals surface area contributed by atoms with E-state index in [4.69, 9.17) is 11.6 Å². The van der Waals surface area contributed by atoms with Crippen LogP contribution < -0.4 is 10.7 Å². The number of aryl methyl sites for hydroxylation is 1. The number of thioether (sulfide) groups is 1. The number of nitrogens with one attached hydrogen (secondary N) is 2. The van der Waals surface area contributed by atoms with Crippen LogP contribution in [0.25, 0.3) is 11.4 Å². The summed E-state index contributed by atoms with van der Waals surface area (Å²) < 4.78 is 1.97. The van der Waals surface area contributed by atoms with Gasteiger partial charge in [0.1, 0.15) is 5.25 Å². The molecule has 0 radical (unpaired) electrons. The molecule has 1 fully saturated rings. The molecule has 160 valence electrons. The fourth-order valence-electron chi connectivity index (χ4n) is 4.51. The van der Waals surface area contributed by atoms with Crippen molar-refractivity contribution in [1.82, 2.24) is 14.9 Å². The van der Waals surface area contributed by atoms with Gasteiger partial charge in [-0.1, -0.05) is 79.0 Å². The fraction of sp³-hybridized carbons (Fsp3) is 0.348. The highest BCUT2D eigenvalue weighted by Gasteiger charge is 2.49. The Labute approximate surface area is 190 Å². The van der Waals surface area contributed by atoms with Crippen LogP contribution in [0.3, 0.4) is 0 Å². The monoisotopic (exact) mass is 453 g/mol. The Balaban J connectivity index is 1.50. The maximum Gasteiger partial charge on any atom is 0.240 e. The van der Waals surface area contributed by atoms with Crippen molar-refractivity contribution >= 4 is 35.0 Å². The Kier molecular flexibility index (Phi) is 5.40. The van der Waals surface area contributed by atoms with E-state index in [9.17, 15) is 4.79 Å². The van der Waals surface area contributed by atoms with Gasteiger partial charge in [-0.2, -0.15) is 0 Å². The Hall–Kier alpha value is -2.51. The molecular weight excluding hydrogens is 430 g/mol. The SMILES string of the molecule is Cc1ccc(Cl)cc1NC(=O)[C@H]1Sc2nnc(-c3ccccc3)n2NC12CCCCC2. The van der Waals surface area contributed by atoms with E-state index in [1.165, 1.54) is 18.2 Å². The molecule has 1 amide bonds. The minimum atomic E-state index is -0.349. The lowest BCUT2D eigenvalue weighted by Crippen LogP contribution is -2.59. The van der Waals surface area contributed by atoms with Gasteiger partial charge < -0.3 is 10.7 Å². The molecule has 0 saturated heterocycles. The van der Waals surface area contributed by atoms with Gasteiger partial charge in [0, 0.05) is 16.3 Å². The van der Waals surface area contributed by atoms with Gasteiger partial charge in [-0.3, -0.25) is 4.79 Å². The normalized spacial score (nSPS) is 19.5. The first kappa shape index (κ1) is 20.4. The molecule has 31 heavy (non-hydrogen) atoms. The third-order valence-electron chi connectivity index (χ3n) is 6.17. The highest BCUT2D eigenvalue weighted by atomic mass is 35.5. The average Bonchev–Trinajstić information content (AvgIpc) is 3.19. The minimum absolute atomic E-state index is 0.0275. The first-order valence-electron chi connectivity index (χ1n) is 10.6. The number of aromatic nitrogens is 3. The van der Waals surface area contributed by atoms with Crippen LogP contribution in [0, 0.1) is 6.92 Å². The van der Waals surface area contributed by atoms with Crippen LogP contribution >= 0.6 is 23.4 Å². The topological polar surface area (TPSA) is 71.8 Å². The van der Waals surface area contributed by atoms with Gasteiger partial charge in [0.05, 0.1) is 5.54 Å². The zero-order chi connectivity index (χ0) is 21.4. The van der Waals surface area contributed by atoms with Crippen molar-refractivity contribution in [2.75, 3.05) is 10.7 Å². The summed E-state index contributed by atoms with van der Waals surface area (Å²) in [6.45, 7) is 1.97. The summed E-state index contributed by atoms with van der Waals surface area (Å²) in [5, 5.41) is 12.9. The van der Waals surface area contributed by atoms with Crippen LogP contribution in [-0.2, 0) is 4.79 Å². The predicted octanol–water partition coefficient (Wildman–Crippen LogP) is 5.27. The first-order valence-corrected chi connectivity index (χ1v) is 11.8. The second-order valence-corrected chi connectivity index (χ2v) is 9.79. The molecule has 0 unspecified atom stereocenters. The Bertz CT molecular complexity index is 1110. The fourth-order valence-corrected chi connectivity index (χ4v) is 5.90. The molecule has 0 bridgehead atoms. The first-order chi connectivity index (χ1) is 15.1. The zero-order valence-electron chi connectivity index (χ0n) is 17.3. The smallest absolute Gasteiger partial charge is 0.240 e.